The van der Waals surface area contributed by atoms with Crippen molar-refractivity contribution in [2.75, 3.05) is 0 Å². The van der Waals surface area contributed by atoms with Gasteiger partial charge in [-0.3, -0.25) is 0 Å². The zero-order valence-electron chi connectivity index (χ0n) is 17.3. The molecule has 0 radical (unpaired) electrons. The monoisotopic (exact) mass is 357 g/mol. The molecule has 1 aromatic rings. The molecule has 0 saturated carbocycles. The van der Waals surface area contributed by atoms with E-state index in [0.29, 0.717) is 18.1 Å². The maximum atomic E-state index is 10.9. The molecule has 0 spiro atoms. The van der Waals surface area contributed by atoms with Gasteiger partial charge in [0.15, 0.2) is 0 Å². The second-order valence-corrected chi connectivity index (χ2v) is 6.26. The Morgan fingerprint density at radius 3 is 2.15 bits per heavy atom. The first-order valence-electron chi connectivity index (χ1n) is 8.78. The Balaban J connectivity index is 0.000000390. The SMILES string of the molecule is C#CN=C(C)CC.CC1=Nn2c(C)nc(=O)nc2C1.CCC(C)=C(C)C. The standard InChI is InChI=1S/C7H8N4O.C7H14.C6H9N/c1-4-3-6-9-7(12)8-5(2)11(6)10-4;1-5-7(4)6(2)3;1-4-6(3)7-5-2/h3H2,1-2H3;5H2,1-4H3;2H,4H2,1,3H3. The summed E-state index contributed by atoms with van der Waals surface area (Å²) in [5, 5.41) is 4.16. The molecule has 6 nitrogen and oxygen atoms in total. The highest BCUT2D eigenvalue weighted by Crippen LogP contribution is 2.07. The first-order valence-corrected chi connectivity index (χ1v) is 8.78. The first-order chi connectivity index (χ1) is 12.2. The molecule has 0 bridgehead atoms. The number of allylic oxidation sites excluding steroid dienone is 2. The van der Waals surface area contributed by atoms with Crippen LogP contribution in [0.4, 0.5) is 0 Å². The third-order valence-corrected chi connectivity index (χ3v) is 3.87. The normalized spacial score (nSPS) is 11.8. The van der Waals surface area contributed by atoms with Gasteiger partial charge in [0.1, 0.15) is 11.6 Å². The number of terminal acetylenes is 1. The molecular weight excluding hydrogens is 326 g/mol. The predicted molar refractivity (Wildman–Crippen MR) is 110 cm³/mol. The van der Waals surface area contributed by atoms with Crippen molar-refractivity contribution in [2.24, 2.45) is 10.1 Å². The summed E-state index contributed by atoms with van der Waals surface area (Å²) in [6, 6.07) is 2.21. The molecular formula is C20H31N5O. The minimum Gasteiger partial charge on any atom is -0.244 e. The Morgan fingerprint density at radius 1 is 1.15 bits per heavy atom. The average molecular weight is 358 g/mol. The molecule has 0 amide bonds. The maximum absolute atomic E-state index is 10.9. The number of aromatic nitrogens is 3. The van der Waals surface area contributed by atoms with Gasteiger partial charge >= 0.3 is 5.69 Å². The van der Waals surface area contributed by atoms with E-state index in [4.69, 9.17) is 6.42 Å². The highest BCUT2D eigenvalue weighted by atomic mass is 16.1. The van der Waals surface area contributed by atoms with Crippen molar-refractivity contribution in [3.8, 4) is 12.5 Å². The highest BCUT2D eigenvalue weighted by molar-refractivity contribution is 5.85. The predicted octanol–water partition coefficient (Wildman–Crippen LogP) is 3.93. The van der Waals surface area contributed by atoms with Gasteiger partial charge in [0.25, 0.3) is 0 Å². The minimum atomic E-state index is -0.427. The van der Waals surface area contributed by atoms with Crippen LogP contribution in [0, 0.1) is 19.4 Å². The molecule has 0 N–H and O–H groups in total. The number of hydrogen-bond acceptors (Lipinski definition) is 5. The molecule has 6 heteroatoms. The Hall–Kier alpha value is -2.55. The molecule has 0 aromatic carbocycles. The van der Waals surface area contributed by atoms with Gasteiger partial charge in [-0.15, -0.1) is 0 Å². The zero-order chi connectivity index (χ0) is 20.3. The molecule has 0 aliphatic carbocycles. The lowest BCUT2D eigenvalue weighted by atomic mass is 10.1. The van der Waals surface area contributed by atoms with Crippen LogP contribution >= 0.6 is 0 Å². The molecule has 2 heterocycles. The summed E-state index contributed by atoms with van der Waals surface area (Å²) in [6.45, 7) is 16.2. The van der Waals surface area contributed by atoms with Crippen LogP contribution in [0.25, 0.3) is 0 Å². The summed E-state index contributed by atoms with van der Waals surface area (Å²) in [7, 11) is 0. The molecule has 0 fully saturated rings. The summed E-state index contributed by atoms with van der Waals surface area (Å²) in [5.41, 5.74) is 4.52. The van der Waals surface area contributed by atoms with Gasteiger partial charge in [0.2, 0.25) is 0 Å². The van der Waals surface area contributed by atoms with Gasteiger partial charge in [-0.25, -0.2) is 14.5 Å². The van der Waals surface area contributed by atoms with Crippen LogP contribution in [0.2, 0.25) is 0 Å². The van der Waals surface area contributed by atoms with Crippen LogP contribution in [0.3, 0.4) is 0 Å². The summed E-state index contributed by atoms with van der Waals surface area (Å²) < 4.78 is 1.61. The third-order valence-electron chi connectivity index (χ3n) is 3.87. The fourth-order valence-electron chi connectivity index (χ4n) is 1.78. The molecule has 1 aromatic heterocycles. The van der Waals surface area contributed by atoms with Crippen LogP contribution in [-0.4, -0.2) is 26.1 Å². The fourth-order valence-corrected chi connectivity index (χ4v) is 1.78. The lowest BCUT2D eigenvalue weighted by Crippen LogP contribution is -2.19. The smallest absolute Gasteiger partial charge is 0.244 e. The Morgan fingerprint density at radius 2 is 1.77 bits per heavy atom. The number of hydrogen-bond donors (Lipinski definition) is 0. The van der Waals surface area contributed by atoms with E-state index in [2.05, 4.69) is 53.8 Å². The van der Waals surface area contributed by atoms with E-state index in [0.717, 1.165) is 17.8 Å². The molecule has 26 heavy (non-hydrogen) atoms. The van der Waals surface area contributed by atoms with Crippen molar-refractivity contribution < 1.29 is 0 Å². The Kier molecular flexibility index (Phi) is 10.7. The van der Waals surface area contributed by atoms with E-state index in [1.165, 1.54) is 17.6 Å². The van der Waals surface area contributed by atoms with Gasteiger partial charge in [0.05, 0.1) is 0 Å². The number of rotatable bonds is 2. The van der Waals surface area contributed by atoms with E-state index in [-0.39, 0.29) is 0 Å². The largest absolute Gasteiger partial charge is 0.370 e. The fraction of sp³-hybridized carbons (Fsp3) is 0.550. The minimum absolute atomic E-state index is 0.427. The molecule has 1 aliphatic rings. The number of aryl methyl sites for hydroxylation is 1. The maximum Gasteiger partial charge on any atom is 0.370 e. The van der Waals surface area contributed by atoms with Crippen LogP contribution in [0.5, 0.6) is 0 Å². The molecule has 0 atom stereocenters. The summed E-state index contributed by atoms with van der Waals surface area (Å²) in [5.74, 6) is 1.28. The van der Waals surface area contributed by atoms with Gasteiger partial charge < -0.3 is 0 Å². The lowest BCUT2D eigenvalue weighted by Gasteiger charge is -1.99. The van der Waals surface area contributed by atoms with Crippen molar-refractivity contribution in [3.05, 3.63) is 33.3 Å². The van der Waals surface area contributed by atoms with Crippen LogP contribution in [0.15, 0.2) is 26.0 Å². The number of fused-ring (bicyclic) bond motifs is 1. The van der Waals surface area contributed by atoms with E-state index in [9.17, 15) is 4.79 Å². The first kappa shape index (κ1) is 23.4. The van der Waals surface area contributed by atoms with Crippen LogP contribution in [-0.2, 0) is 6.42 Å². The van der Waals surface area contributed by atoms with Crippen molar-refractivity contribution in [2.45, 2.75) is 74.7 Å². The molecule has 0 saturated heterocycles. The summed E-state index contributed by atoms with van der Waals surface area (Å²) in [4.78, 5) is 22.0. The molecule has 142 valence electrons. The second-order valence-electron chi connectivity index (χ2n) is 6.26. The third kappa shape index (κ3) is 8.52. The second kappa shape index (κ2) is 11.9. The van der Waals surface area contributed by atoms with Crippen LogP contribution < -0.4 is 5.69 Å². The summed E-state index contributed by atoms with van der Waals surface area (Å²) >= 11 is 0. The lowest BCUT2D eigenvalue weighted by molar-refractivity contribution is 0.714. The zero-order valence-corrected chi connectivity index (χ0v) is 17.3. The van der Waals surface area contributed by atoms with Crippen LogP contribution in [0.1, 0.15) is 73.0 Å². The topological polar surface area (TPSA) is 72.5 Å². The quantitative estimate of drug-likeness (QED) is 0.457. The molecule has 2 rings (SSSR count). The van der Waals surface area contributed by atoms with Gasteiger partial charge in [-0.05, 0) is 54.4 Å². The Labute approximate surface area is 157 Å². The van der Waals surface area contributed by atoms with E-state index in [1.807, 2.05) is 20.8 Å². The number of aliphatic imine (C=N–C) groups is 1. The van der Waals surface area contributed by atoms with Gasteiger partial charge in [0, 0.05) is 23.9 Å². The average Bonchev–Trinajstić information content (AvgIpc) is 2.96. The number of nitrogens with zero attached hydrogens (tertiary/aromatic N) is 5. The summed E-state index contributed by atoms with van der Waals surface area (Å²) in [6.07, 6.45) is 7.66. The van der Waals surface area contributed by atoms with E-state index >= 15 is 0 Å². The van der Waals surface area contributed by atoms with Crippen molar-refractivity contribution >= 4 is 11.4 Å². The van der Waals surface area contributed by atoms with Gasteiger partial charge in [-0.1, -0.05) is 31.4 Å². The molecule has 0 unspecified atom stereocenters. The molecule has 1 aliphatic heterocycles. The van der Waals surface area contributed by atoms with Crippen molar-refractivity contribution in [3.63, 3.8) is 0 Å². The Bertz CT molecular complexity index is 787. The van der Waals surface area contributed by atoms with E-state index < -0.39 is 5.69 Å². The van der Waals surface area contributed by atoms with Gasteiger partial charge in [-0.2, -0.15) is 15.1 Å². The van der Waals surface area contributed by atoms with E-state index in [1.54, 1.807) is 11.6 Å². The highest BCUT2D eigenvalue weighted by Gasteiger charge is 2.14. The van der Waals surface area contributed by atoms with Crippen molar-refractivity contribution in [1.29, 1.82) is 0 Å². The van der Waals surface area contributed by atoms with Crippen molar-refractivity contribution in [1.82, 2.24) is 14.6 Å².